The molecule has 2 fully saturated rings. The van der Waals surface area contributed by atoms with E-state index in [1.807, 2.05) is 0 Å². The molecule has 3 nitrogen and oxygen atoms in total. The predicted molar refractivity (Wildman–Crippen MR) is 42.2 cm³/mol. The van der Waals surface area contributed by atoms with Crippen molar-refractivity contribution in [3.05, 3.63) is 0 Å². The Labute approximate surface area is 70.5 Å². The van der Waals surface area contributed by atoms with Crippen LogP contribution >= 0.6 is 0 Å². The van der Waals surface area contributed by atoms with Crippen LogP contribution in [-0.2, 0) is 4.79 Å². The molecule has 1 heterocycles. The highest BCUT2D eigenvalue weighted by atomic mass is 19.1. The van der Waals surface area contributed by atoms with Gasteiger partial charge in [0, 0.05) is 18.5 Å². The van der Waals surface area contributed by atoms with Crippen LogP contribution in [0.4, 0.5) is 4.39 Å². The summed E-state index contributed by atoms with van der Waals surface area (Å²) < 4.78 is 13.6. The van der Waals surface area contributed by atoms with Crippen LogP contribution in [0.15, 0.2) is 0 Å². The smallest absolute Gasteiger partial charge is 0.256 e. The van der Waals surface area contributed by atoms with Gasteiger partial charge in [0.25, 0.3) is 5.91 Å². The summed E-state index contributed by atoms with van der Waals surface area (Å²) in [6.45, 7) is 0.0995. The van der Waals surface area contributed by atoms with Crippen LogP contribution in [0.1, 0.15) is 25.7 Å². The number of hydrogen-bond donors (Lipinski definition) is 2. The molecule has 1 unspecified atom stereocenters. The van der Waals surface area contributed by atoms with E-state index >= 15 is 0 Å². The van der Waals surface area contributed by atoms with Crippen molar-refractivity contribution >= 4 is 5.91 Å². The highest BCUT2D eigenvalue weighted by molar-refractivity contribution is 5.84. The molecule has 0 bridgehead atoms. The highest BCUT2D eigenvalue weighted by Gasteiger charge is 2.54. The third-order valence-electron chi connectivity index (χ3n) is 3.11. The number of amides is 1. The number of hydrogen-bond acceptors (Lipinski definition) is 2. The first kappa shape index (κ1) is 7.98. The second kappa shape index (κ2) is 2.19. The molecule has 1 atom stereocenters. The number of rotatable bonds is 1. The fourth-order valence-electron chi connectivity index (χ4n) is 2.12. The molecule has 2 aliphatic rings. The van der Waals surface area contributed by atoms with Gasteiger partial charge in [-0.1, -0.05) is 0 Å². The first-order valence-electron chi connectivity index (χ1n) is 4.30. The molecule has 1 amide bonds. The zero-order valence-electron chi connectivity index (χ0n) is 6.90. The summed E-state index contributed by atoms with van der Waals surface area (Å²) in [6.07, 6.45) is 3.36. The van der Waals surface area contributed by atoms with Gasteiger partial charge in [-0.2, -0.15) is 0 Å². The summed E-state index contributed by atoms with van der Waals surface area (Å²) in [7, 11) is 0. The molecule has 0 aromatic rings. The van der Waals surface area contributed by atoms with Gasteiger partial charge >= 0.3 is 0 Å². The highest BCUT2D eigenvalue weighted by Crippen LogP contribution is 2.43. The van der Waals surface area contributed by atoms with E-state index in [1.165, 1.54) is 0 Å². The molecule has 1 aliphatic heterocycles. The quantitative estimate of drug-likeness (QED) is 0.589. The second-order valence-electron chi connectivity index (χ2n) is 3.99. The largest absolute Gasteiger partial charge is 0.367 e. The zero-order valence-corrected chi connectivity index (χ0v) is 6.90. The number of carbonyl (C=O) groups is 1. The fraction of sp³-hybridized carbons (Fsp3) is 0.875. The van der Waals surface area contributed by atoms with Crippen molar-refractivity contribution in [2.75, 3.05) is 6.54 Å². The van der Waals surface area contributed by atoms with Gasteiger partial charge in [0.2, 0.25) is 5.67 Å². The van der Waals surface area contributed by atoms with Gasteiger partial charge in [0.05, 0.1) is 0 Å². The molecule has 0 radical (unpaired) electrons. The van der Waals surface area contributed by atoms with Gasteiger partial charge in [-0.15, -0.1) is 0 Å². The first-order valence-corrected chi connectivity index (χ1v) is 4.30. The third kappa shape index (κ3) is 0.941. The molecule has 4 heteroatoms. The number of halogens is 1. The van der Waals surface area contributed by atoms with Crippen molar-refractivity contribution in [2.45, 2.75) is 36.9 Å². The van der Waals surface area contributed by atoms with Crippen molar-refractivity contribution < 1.29 is 9.18 Å². The Morgan fingerprint density at radius 1 is 1.50 bits per heavy atom. The first-order chi connectivity index (χ1) is 5.56. The predicted octanol–water partition coefficient (Wildman–Crippen LogP) is 0.0960. The van der Waals surface area contributed by atoms with Crippen LogP contribution in [0.3, 0.4) is 0 Å². The van der Waals surface area contributed by atoms with Crippen LogP contribution < -0.4 is 11.1 Å². The summed E-state index contributed by atoms with van der Waals surface area (Å²) >= 11 is 0. The van der Waals surface area contributed by atoms with Crippen molar-refractivity contribution in [1.29, 1.82) is 0 Å². The van der Waals surface area contributed by atoms with Gasteiger partial charge in [-0.3, -0.25) is 4.79 Å². The number of alkyl halides is 1. The van der Waals surface area contributed by atoms with Crippen LogP contribution in [0.25, 0.3) is 0 Å². The van der Waals surface area contributed by atoms with Crippen molar-refractivity contribution in [3.63, 3.8) is 0 Å². The van der Waals surface area contributed by atoms with E-state index in [-0.39, 0.29) is 18.5 Å². The van der Waals surface area contributed by atoms with E-state index in [9.17, 15) is 9.18 Å². The van der Waals surface area contributed by atoms with Gasteiger partial charge in [0.1, 0.15) is 0 Å². The Morgan fingerprint density at radius 2 is 2.17 bits per heavy atom. The number of carbonyl (C=O) groups excluding carboxylic acids is 1. The Balaban J connectivity index is 2.10. The summed E-state index contributed by atoms with van der Waals surface area (Å²) in [5.74, 6) is -0.821. The van der Waals surface area contributed by atoms with Crippen molar-refractivity contribution in [3.8, 4) is 0 Å². The number of nitrogens with one attached hydrogen (secondary N) is 1. The zero-order chi connectivity index (χ0) is 8.82. The van der Waals surface area contributed by atoms with Gasteiger partial charge in [-0.05, 0) is 19.3 Å². The molecule has 0 aromatic heterocycles. The lowest BCUT2D eigenvalue weighted by Gasteiger charge is -2.38. The monoisotopic (exact) mass is 172 g/mol. The van der Waals surface area contributed by atoms with Gasteiger partial charge in [-0.25, -0.2) is 4.39 Å². The minimum absolute atomic E-state index is 0.0935. The lowest BCUT2D eigenvalue weighted by atomic mass is 9.74. The molecule has 68 valence electrons. The van der Waals surface area contributed by atoms with E-state index in [1.54, 1.807) is 0 Å². The van der Waals surface area contributed by atoms with E-state index in [0.29, 0.717) is 0 Å². The van der Waals surface area contributed by atoms with E-state index in [4.69, 9.17) is 5.73 Å². The normalized spacial score (nSPS) is 38.1. The Hall–Kier alpha value is -0.640. The average Bonchev–Trinajstić information content (AvgIpc) is 2.28. The minimum atomic E-state index is -1.79. The molecular formula is C8H13FN2O. The summed E-state index contributed by atoms with van der Waals surface area (Å²) in [6, 6.07) is 0. The number of primary amides is 1. The molecule has 1 saturated carbocycles. The van der Waals surface area contributed by atoms with Crippen LogP contribution in [0, 0.1) is 0 Å². The van der Waals surface area contributed by atoms with Crippen molar-refractivity contribution in [1.82, 2.24) is 5.32 Å². The molecule has 1 saturated heterocycles. The molecule has 2 rings (SSSR count). The van der Waals surface area contributed by atoms with E-state index in [0.717, 1.165) is 19.3 Å². The van der Waals surface area contributed by atoms with E-state index in [2.05, 4.69) is 5.32 Å². The topological polar surface area (TPSA) is 55.1 Å². The van der Waals surface area contributed by atoms with Crippen molar-refractivity contribution in [2.24, 2.45) is 5.73 Å². The Kier molecular flexibility index (Phi) is 1.46. The molecular weight excluding hydrogens is 159 g/mol. The van der Waals surface area contributed by atoms with Gasteiger partial charge in [0.15, 0.2) is 0 Å². The Morgan fingerprint density at radius 3 is 2.42 bits per heavy atom. The molecule has 1 spiro atoms. The molecule has 3 N–H and O–H groups in total. The fourth-order valence-corrected chi connectivity index (χ4v) is 2.12. The summed E-state index contributed by atoms with van der Waals surface area (Å²) in [5.41, 5.74) is 3.09. The van der Waals surface area contributed by atoms with Crippen LogP contribution in [-0.4, -0.2) is 23.7 Å². The second-order valence-corrected chi connectivity index (χ2v) is 3.99. The van der Waals surface area contributed by atoms with Gasteiger partial charge < -0.3 is 11.1 Å². The van der Waals surface area contributed by atoms with Crippen LogP contribution in [0.2, 0.25) is 0 Å². The SMILES string of the molecule is NC(=O)C1(F)CNC2(CCC2)C1. The number of nitrogens with two attached hydrogens (primary N) is 1. The Bertz CT molecular complexity index is 227. The maximum atomic E-state index is 13.6. The maximum absolute atomic E-state index is 13.6. The third-order valence-corrected chi connectivity index (χ3v) is 3.11. The molecule has 0 aromatic carbocycles. The maximum Gasteiger partial charge on any atom is 0.256 e. The average molecular weight is 172 g/mol. The lowest BCUT2D eigenvalue weighted by molar-refractivity contribution is -0.128. The lowest BCUT2D eigenvalue weighted by Crippen LogP contribution is -2.46. The standard InChI is InChI=1S/C8H13FN2O/c9-8(6(10)12)4-7(11-5-8)2-1-3-7/h11H,1-5H2,(H2,10,12). The molecule has 1 aliphatic carbocycles. The van der Waals surface area contributed by atoms with E-state index < -0.39 is 11.6 Å². The summed E-state index contributed by atoms with van der Waals surface area (Å²) in [4.78, 5) is 10.8. The summed E-state index contributed by atoms with van der Waals surface area (Å²) in [5, 5.41) is 3.07. The molecule has 12 heavy (non-hydrogen) atoms. The van der Waals surface area contributed by atoms with Crippen LogP contribution in [0.5, 0.6) is 0 Å². The minimum Gasteiger partial charge on any atom is -0.367 e.